The molecule has 1 aromatic carbocycles. The van der Waals surface area contributed by atoms with Crippen molar-refractivity contribution in [1.82, 2.24) is 4.90 Å². The van der Waals surface area contributed by atoms with Crippen molar-refractivity contribution < 1.29 is 18.0 Å². The Balaban J connectivity index is 2.98. The van der Waals surface area contributed by atoms with E-state index in [2.05, 4.69) is 0 Å². The van der Waals surface area contributed by atoms with Crippen molar-refractivity contribution in [2.75, 3.05) is 19.0 Å². The molecule has 2 nitrogen and oxygen atoms in total. The smallest absolute Gasteiger partial charge is 0.328 e. The molecule has 0 spiro atoms. The van der Waals surface area contributed by atoms with Crippen molar-refractivity contribution in [1.29, 1.82) is 0 Å². The molecule has 0 bridgehead atoms. The van der Waals surface area contributed by atoms with Crippen LogP contribution < -0.4 is 0 Å². The van der Waals surface area contributed by atoms with Gasteiger partial charge in [-0.3, -0.25) is 4.79 Å². The normalized spacial score (nSPS) is 11.5. The van der Waals surface area contributed by atoms with Gasteiger partial charge in [0, 0.05) is 23.0 Å². The van der Waals surface area contributed by atoms with Crippen LogP contribution in [0.4, 0.5) is 13.2 Å². The molecule has 19 heavy (non-hydrogen) atoms. The van der Waals surface area contributed by atoms with Gasteiger partial charge in [-0.2, -0.15) is 13.2 Å². The third kappa shape index (κ3) is 5.28. The number of benzene rings is 1. The van der Waals surface area contributed by atoms with Gasteiger partial charge < -0.3 is 4.90 Å². The monoisotopic (exact) mass is 313 g/mol. The van der Waals surface area contributed by atoms with Crippen LogP contribution in [0.3, 0.4) is 0 Å². The molecule has 0 aromatic heterocycles. The SMILES string of the molecule is Cc1cc(Cl)cc(C(=O)N(CCCl)CC(F)(F)F)c1. The molecule has 7 heteroatoms. The summed E-state index contributed by atoms with van der Waals surface area (Å²) in [5.41, 5.74) is 0.827. The van der Waals surface area contributed by atoms with Crippen molar-refractivity contribution in [3.8, 4) is 0 Å². The number of halogens is 5. The average Bonchev–Trinajstić information content (AvgIpc) is 2.24. The number of carbonyl (C=O) groups is 1. The van der Waals surface area contributed by atoms with Crippen LogP contribution in [0, 0.1) is 6.92 Å². The molecule has 0 atom stereocenters. The van der Waals surface area contributed by atoms with Crippen LogP contribution >= 0.6 is 23.2 Å². The first-order valence-electron chi connectivity index (χ1n) is 5.42. The Labute approximate surface area is 119 Å². The summed E-state index contributed by atoms with van der Waals surface area (Å²) < 4.78 is 37.2. The number of nitrogens with zero attached hydrogens (tertiary/aromatic N) is 1. The zero-order valence-corrected chi connectivity index (χ0v) is 11.6. The van der Waals surface area contributed by atoms with E-state index in [1.54, 1.807) is 13.0 Å². The lowest BCUT2D eigenvalue weighted by Crippen LogP contribution is -2.40. The summed E-state index contributed by atoms with van der Waals surface area (Å²) in [6.07, 6.45) is -4.46. The zero-order valence-electron chi connectivity index (χ0n) is 10.1. The fraction of sp³-hybridized carbons (Fsp3) is 0.417. The quantitative estimate of drug-likeness (QED) is 0.772. The standard InChI is InChI=1S/C12H12Cl2F3NO/c1-8-4-9(6-10(14)5-8)11(19)18(3-2-13)7-12(15,16)17/h4-6H,2-3,7H2,1H3. The van der Waals surface area contributed by atoms with E-state index in [0.717, 1.165) is 0 Å². The summed E-state index contributed by atoms with van der Waals surface area (Å²) in [5, 5.41) is 0.307. The molecule has 0 unspecified atom stereocenters. The maximum atomic E-state index is 12.4. The first kappa shape index (κ1) is 16.1. The van der Waals surface area contributed by atoms with Crippen molar-refractivity contribution >= 4 is 29.1 Å². The molecule has 0 fully saturated rings. The van der Waals surface area contributed by atoms with Crippen molar-refractivity contribution in [2.45, 2.75) is 13.1 Å². The number of aryl methyl sites for hydroxylation is 1. The average molecular weight is 314 g/mol. The molecule has 0 N–H and O–H groups in total. The number of hydrogen-bond acceptors (Lipinski definition) is 1. The maximum absolute atomic E-state index is 12.4. The molecule has 0 aliphatic rings. The number of alkyl halides is 4. The number of hydrogen-bond donors (Lipinski definition) is 0. The minimum atomic E-state index is -4.46. The third-order valence-corrected chi connectivity index (χ3v) is 2.69. The van der Waals surface area contributed by atoms with Crippen LogP contribution in [0.25, 0.3) is 0 Å². The van der Waals surface area contributed by atoms with Gasteiger partial charge in [0.15, 0.2) is 0 Å². The van der Waals surface area contributed by atoms with E-state index in [0.29, 0.717) is 15.5 Å². The van der Waals surface area contributed by atoms with Gasteiger partial charge in [0.1, 0.15) is 6.54 Å². The molecule has 0 saturated heterocycles. The van der Waals surface area contributed by atoms with Gasteiger partial charge in [-0.25, -0.2) is 0 Å². The largest absolute Gasteiger partial charge is 0.406 e. The maximum Gasteiger partial charge on any atom is 0.406 e. The Kier molecular flexibility index (Phi) is 5.50. The van der Waals surface area contributed by atoms with E-state index in [4.69, 9.17) is 23.2 Å². The molecule has 0 aliphatic heterocycles. The molecule has 1 rings (SSSR count). The number of amides is 1. The highest BCUT2D eigenvalue weighted by molar-refractivity contribution is 6.31. The lowest BCUT2D eigenvalue weighted by molar-refractivity contribution is -0.140. The van der Waals surface area contributed by atoms with Crippen molar-refractivity contribution in [3.63, 3.8) is 0 Å². The minimum Gasteiger partial charge on any atom is -0.328 e. The van der Waals surface area contributed by atoms with Crippen LogP contribution in [0.1, 0.15) is 15.9 Å². The van der Waals surface area contributed by atoms with Gasteiger partial charge in [0.05, 0.1) is 0 Å². The van der Waals surface area contributed by atoms with Crippen molar-refractivity contribution in [3.05, 3.63) is 34.3 Å². The lowest BCUT2D eigenvalue weighted by Gasteiger charge is -2.23. The Morgan fingerprint density at radius 1 is 1.32 bits per heavy atom. The Morgan fingerprint density at radius 3 is 2.42 bits per heavy atom. The Bertz CT molecular complexity index is 443. The molecule has 1 aromatic rings. The van der Waals surface area contributed by atoms with Gasteiger partial charge in [0.25, 0.3) is 5.91 Å². The summed E-state index contributed by atoms with van der Waals surface area (Å²) in [5.74, 6) is -0.801. The highest BCUT2D eigenvalue weighted by Gasteiger charge is 2.33. The summed E-state index contributed by atoms with van der Waals surface area (Å²) in [7, 11) is 0. The Hall–Kier alpha value is -0.940. The summed E-state index contributed by atoms with van der Waals surface area (Å²) in [6.45, 7) is 0.202. The fourth-order valence-corrected chi connectivity index (χ4v) is 2.11. The van der Waals surface area contributed by atoms with Gasteiger partial charge >= 0.3 is 6.18 Å². The number of rotatable bonds is 4. The van der Waals surface area contributed by atoms with Crippen molar-refractivity contribution in [2.24, 2.45) is 0 Å². The minimum absolute atomic E-state index is 0.0681. The zero-order chi connectivity index (χ0) is 14.6. The summed E-state index contributed by atoms with van der Waals surface area (Å²) in [4.78, 5) is 12.7. The molecule has 0 saturated carbocycles. The van der Waals surface area contributed by atoms with Gasteiger partial charge in [-0.15, -0.1) is 11.6 Å². The van der Waals surface area contributed by atoms with Crippen LogP contribution in [0.15, 0.2) is 18.2 Å². The molecule has 0 heterocycles. The van der Waals surface area contributed by atoms with E-state index in [1.807, 2.05) is 0 Å². The van der Waals surface area contributed by atoms with E-state index >= 15 is 0 Å². The first-order valence-corrected chi connectivity index (χ1v) is 6.33. The van der Waals surface area contributed by atoms with Crippen LogP contribution in [-0.2, 0) is 0 Å². The topological polar surface area (TPSA) is 20.3 Å². The summed E-state index contributed by atoms with van der Waals surface area (Å²) >= 11 is 11.2. The molecule has 1 amide bonds. The van der Waals surface area contributed by atoms with E-state index in [9.17, 15) is 18.0 Å². The molecular formula is C12H12Cl2F3NO. The second kappa shape index (κ2) is 6.48. The van der Waals surface area contributed by atoms with Gasteiger partial charge in [0.2, 0.25) is 0 Å². The second-order valence-corrected chi connectivity index (χ2v) is 4.86. The van der Waals surface area contributed by atoms with E-state index in [1.165, 1.54) is 12.1 Å². The molecule has 106 valence electrons. The van der Waals surface area contributed by atoms with Crippen LogP contribution in [0.2, 0.25) is 5.02 Å². The van der Waals surface area contributed by atoms with Crippen LogP contribution in [0.5, 0.6) is 0 Å². The highest BCUT2D eigenvalue weighted by atomic mass is 35.5. The molecule has 0 radical (unpaired) electrons. The third-order valence-electron chi connectivity index (χ3n) is 2.30. The van der Waals surface area contributed by atoms with E-state index < -0.39 is 18.6 Å². The fourth-order valence-electron chi connectivity index (χ4n) is 1.61. The second-order valence-electron chi connectivity index (χ2n) is 4.05. The molecule has 0 aliphatic carbocycles. The number of carbonyl (C=O) groups excluding carboxylic acids is 1. The lowest BCUT2D eigenvalue weighted by atomic mass is 10.1. The highest BCUT2D eigenvalue weighted by Crippen LogP contribution is 2.20. The predicted molar refractivity (Wildman–Crippen MR) is 68.9 cm³/mol. The molecular weight excluding hydrogens is 302 g/mol. The van der Waals surface area contributed by atoms with Gasteiger partial charge in [-0.05, 0) is 30.7 Å². The van der Waals surface area contributed by atoms with E-state index in [-0.39, 0.29) is 18.0 Å². The Morgan fingerprint density at radius 2 is 1.95 bits per heavy atom. The van der Waals surface area contributed by atoms with Crippen LogP contribution in [-0.4, -0.2) is 36.0 Å². The predicted octanol–water partition coefficient (Wildman–Crippen LogP) is 3.89. The summed E-state index contributed by atoms with van der Waals surface area (Å²) in [6, 6.07) is 4.45. The van der Waals surface area contributed by atoms with Gasteiger partial charge in [-0.1, -0.05) is 11.6 Å². The first-order chi connectivity index (χ1) is 8.73.